The molecule has 2 saturated carbocycles. The summed E-state index contributed by atoms with van der Waals surface area (Å²) in [6.45, 7) is 3.97. The number of pyridine rings is 1. The topological polar surface area (TPSA) is 112 Å². The summed E-state index contributed by atoms with van der Waals surface area (Å²) in [5.74, 6) is 0.744. The lowest BCUT2D eigenvalue weighted by Crippen LogP contribution is -2.48. The van der Waals surface area contributed by atoms with Gasteiger partial charge < -0.3 is 19.3 Å². The third-order valence-corrected chi connectivity index (χ3v) is 5.75. The average molecular weight is 435 g/mol. The number of hydrogen-bond acceptors (Lipinski definition) is 8. The van der Waals surface area contributed by atoms with E-state index in [9.17, 15) is 4.79 Å². The van der Waals surface area contributed by atoms with E-state index in [-0.39, 0.29) is 30.4 Å². The van der Waals surface area contributed by atoms with Crippen molar-refractivity contribution in [1.82, 2.24) is 25.7 Å². The molecule has 1 N–H and O–H groups in total. The van der Waals surface area contributed by atoms with Gasteiger partial charge in [0.1, 0.15) is 18.1 Å². The van der Waals surface area contributed by atoms with Gasteiger partial charge in [-0.1, -0.05) is 5.16 Å². The molecule has 3 aromatic heterocycles. The minimum atomic E-state index is -0.233. The Bertz CT molecular complexity index is 1090. The van der Waals surface area contributed by atoms with Gasteiger partial charge in [0.15, 0.2) is 5.69 Å². The first-order chi connectivity index (χ1) is 15.5. The second-order valence-corrected chi connectivity index (χ2v) is 8.40. The molecule has 9 nitrogen and oxygen atoms in total. The fourth-order valence-corrected chi connectivity index (χ4v) is 3.59. The number of carbonyl (C=O) groups is 1. The maximum atomic E-state index is 12.4. The van der Waals surface area contributed by atoms with Crippen LogP contribution in [-0.4, -0.2) is 44.5 Å². The van der Waals surface area contributed by atoms with Crippen molar-refractivity contribution in [3.8, 4) is 17.1 Å². The van der Waals surface area contributed by atoms with Crippen LogP contribution in [0.25, 0.3) is 11.3 Å². The molecule has 2 aliphatic rings. The first-order valence-corrected chi connectivity index (χ1v) is 10.9. The zero-order chi connectivity index (χ0) is 22.1. The monoisotopic (exact) mass is 435 g/mol. The molecule has 0 radical (unpaired) electrons. The van der Waals surface area contributed by atoms with E-state index in [0.29, 0.717) is 23.4 Å². The highest BCUT2D eigenvalue weighted by molar-refractivity contribution is 5.92. The molecule has 1 amide bonds. The van der Waals surface area contributed by atoms with Crippen molar-refractivity contribution >= 4 is 5.91 Å². The molecule has 9 heteroatoms. The van der Waals surface area contributed by atoms with E-state index in [1.807, 2.05) is 26.0 Å². The van der Waals surface area contributed by atoms with E-state index in [2.05, 4.69) is 25.7 Å². The predicted octanol–water partition coefficient (Wildman–Crippen LogP) is 3.16. The number of nitrogens with one attached hydrogen (secondary N) is 1. The van der Waals surface area contributed by atoms with Gasteiger partial charge in [-0.2, -0.15) is 0 Å². The van der Waals surface area contributed by atoms with E-state index in [0.717, 1.165) is 29.7 Å². The number of ether oxygens (including phenoxy) is 2. The minimum absolute atomic E-state index is 0.134. The largest absolute Gasteiger partial charge is 0.472 e. The molecule has 0 saturated heterocycles. The third-order valence-electron chi connectivity index (χ3n) is 5.75. The summed E-state index contributed by atoms with van der Waals surface area (Å²) in [7, 11) is 0. The summed E-state index contributed by atoms with van der Waals surface area (Å²) in [4.78, 5) is 16.7. The van der Waals surface area contributed by atoms with Crippen molar-refractivity contribution in [2.45, 2.75) is 64.4 Å². The van der Waals surface area contributed by atoms with Crippen LogP contribution < -0.4 is 10.1 Å². The van der Waals surface area contributed by atoms with Crippen molar-refractivity contribution in [2.24, 2.45) is 0 Å². The van der Waals surface area contributed by atoms with Gasteiger partial charge in [0.2, 0.25) is 5.88 Å². The Hall–Kier alpha value is -3.33. The summed E-state index contributed by atoms with van der Waals surface area (Å²) < 4.78 is 17.0. The average Bonchev–Trinajstić information content (AvgIpc) is 3.52. The summed E-state index contributed by atoms with van der Waals surface area (Å²) in [6, 6.07) is 7.24. The second-order valence-electron chi connectivity index (χ2n) is 8.40. The molecule has 5 rings (SSSR count). The smallest absolute Gasteiger partial charge is 0.272 e. The third kappa shape index (κ3) is 4.62. The van der Waals surface area contributed by atoms with Gasteiger partial charge in [-0.3, -0.25) is 9.78 Å². The molecule has 3 aromatic rings. The van der Waals surface area contributed by atoms with E-state index >= 15 is 0 Å². The van der Waals surface area contributed by atoms with Gasteiger partial charge in [-0.25, -0.2) is 0 Å². The molecule has 0 unspecified atom stereocenters. The first kappa shape index (κ1) is 20.6. The summed E-state index contributed by atoms with van der Waals surface area (Å²) >= 11 is 0. The lowest BCUT2D eigenvalue weighted by molar-refractivity contribution is -0.0252. The molecule has 0 spiro atoms. The molecule has 2 aliphatic carbocycles. The van der Waals surface area contributed by atoms with Crippen LogP contribution in [0, 0.1) is 13.8 Å². The molecule has 0 atom stereocenters. The highest BCUT2D eigenvalue weighted by Gasteiger charge is 2.36. The lowest BCUT2D eigenvalue weighted by Gasteiger charge is -2.35. The molecule has 0 aromatic carbocycles. The zero-order valence-electron chi connectivity index (χ0n) is 18.1. The maximum absolute atomic E-state index is 12.4. The number of rotatable bonds is 8. The summed E-state index contributed by atoms with van der Waals surface area (Å²) in [6.07, 6.45) is 6.52. The number of hydrogen-bond donors (Lipinski definition) is 1. The molecule has 166 valence electrons. The van der Waals surface area contributed by atoms with Gasteiger partial charge in [0, 0.05) is 29.6 Å². The van der Waals surface area contributed by atoms with Crippen molar-refractivity contribution in [3.05, 3.63) is 53.2 Å². The van der Waals surface area contributed by atoms with Crippen LogP contribution in [0.2, 0.25) is 0 Å². The number of aryl methyl sites for hydroxylation is 2. The van der Waals surface area contributed by atoms with Gasteiger partial charge in [0.25, 0.3) is 5.91 Å². The number of amides is 1. The number of aromatic nitrogens is 4. The van der Waals surface area contributed by atoms with Gasteiger partial charge in [-0.15, -0.1) is 10.2 Å². The Labute approximate surface area is 185 Å². The van der Waals surface area contributed by atoms with Crippen molar-refractivity contribution in [2.75, 3.05) is 0 Å². The Morgan fingerprint density at radius 1 is 1.12 bits per heavy atom. The normalized spacial score (nSPS) is 19.9. The standard InChI is InChI=1S/C23H25N5O4/c1-13-3-4-15(11-24-13)22-19(14(2)32-28-22)12-30-21-8-7-20(26-27-21)23(29)25-16-9-18(10-16)31-17-5-6-17/h3-4,7-8,11,16-18H,5-6,9-10,12H2,1-2H3,(H,25,29)/t16-,18-. The number of nitrogens with zero attached hydrogens (tertiary/aromatic N) is 4. The molecule has 0 bridgehead atoms. The van der Waals surface area contributed by atoms with Crippen LogP contribution in [0.4, 0.5) is 0 Å². The quantitative estimate of drug-likeness (QED) is 0.574. The molecule has 2 fully saturated rings. The molecule has 3 heterocycles. The lowest BCUT2D eigenvalue weighted by atomic mass is 9.89. The van der Waals surface area contributed by atoms with Crippen LogP contribution in [0.15, 0.2) is 35.0 Å². The van der Waals surface area contributed by atoms with Crippen LogP contribution >= 0.6 is 0 Å². The van der Waals surface area contributed by atoms with E-state index in [1.54, 1.807) is 18.3 Å². The maximum Gasteiger partial charge on any atom is 0.272 e. The van der Waals surface area contributed by atoms with Gasteiger partial charge in [-0.05, 0) is 57.7 Å². The highest BCUT2D eigenvalue weighted by atomic mass is 16.5. The highest BCUT2D eigenvalue weighted by Crippen LogP contribution is 2.32. The summed E-state index contributed by atoms with van der Waals surface area (Å²) in [5, 5.41) is 15.2. The van der Waals surface area contributed by atoms with Crippen molar-refractivity contribution in [3.63, 3.8) is 0 Å². The van der Waals surface area contributed by atoms with Crippen LogP contribution in [-0.2, 0) is 11.3 Å². The van der Waals surface area contributed by atoms with Gasteiger partial charge >= 0.3 is 0 Å². The Morgan fingerprint density at radius 2 is 1.97 bits per heavy atom. The van der Waals surface area contributed by atoms with Crippen LogP contribution in [0.5, 0.6) is 5.88 Å². The fraction of sp³-hybridized carbons (Fsp3) is 0.435. The van der Waals surface area contributed by atoms with Crippen LogP contribution in [0.1, 0.15) is 53.2 Å². The molecule has 0 aliphatic heterocycles. The van der Waals surface area contributed by atoms with Gasteiger partial charge in [0.05, 0.1) is 17.8 Å². The minimum Gasteiger partial charge on any atom is -0.472 e. The molecular formula is C23H25N5O4. The van der Waals surface area contributed by atoms with E-state index in [1.165, 1.54) is 12.8 Å². The number of carbonyl (C=O) groups excluding carboxylic acids is 1. The Kier molecular flexibility index (Phi) is 5.57. The zero-order valence-corrected chi connectivity index (χ0v) is 18.1. The van der Waals surface area contributed by atoms with E-state index in [4.69, 9.17) is 14.0 Å². The summed E-state index contributed by atoms with van der Waals surface area (Å²) in [5.41, 5.74) is 3.53. The Balaban J connectivity index is 1.16. The predicted molar refractivity (Wildman–Crippen MR) is 114 cm³/mol. The van der Waals surface area contributed by atoms with Crippen molar-refractivity contribution < 1.29 is 18.8 Å². The first-order valence-electron chi connectivity index (χ1n) is 10.9. The Morgan fingerprint density at radius 3 is 2.66 bits per heavy atom. The second kappa shape index (κ2) is 8.66. The fourth-order valence-electron chi connectivity index (χ4n) is 3.59. The van der Waals surface area contributed by atoms with E-state index < -0.39 is 0 Å². The molecule has 32 heavy (non-hydrogen) atoms. The van der Waals surface area contributed by atoms with Crippen LogP contribution in [0.3, 0.4) is 0 Å². The SMILES string of the molecule is Cc1ccc(-c2noc(C)c2COc2ccc(C(=O)N[C@H]3C[C@H](OC4CC4)C3)nn2)cn1. The van der Waals surface area contributed by atoms with Crippen molar-refractivity contribution in [1.29, 1.82) is 0 Å². The molecular weight excluding hydrogens is 410 g/mol.